The zero-order valence-electron chi connectivity index (χ0n) is 13.1. The summed E-state index contributed by atoms with van der Waals surface area (Å²) in [6.07, 6.45) is 5.14. The number of aromatic nitrogens is 3. The van der Waals surface area contributed by atoms with E-state index in [0.717, 1.165) is 0 Å². The molecule has 0 saturated heterocycles. The summed E-state index contributed by atoms with van der Waals surface area (Å²) in [6, 6.07) is 5.26. The summed E-state index contributed by atoms with van der Waals surface area (Å²) in [4.78, 5) is 20.1. The molecule has 0 aliphatic heterocycles. The molecule has 23 heavy (non-hydrogen) atoms. The van der Waals surface area contributed by atoms with E-state index in [2.05, 4.69) is 26.7 Å². The quantitative estimate of drug-likeness (QED) is 0.453. The molecule has 0 bridgehead atoms. The summed E-state index contributed by atoms with van der Waals surface area (Å²) < 4.78 is 11.8. The predicted octanol–water partition coefficient (Wildman–Crippen LogP) is 0.409. The number of hydrogen-bond acceptors (Lipinski definition) is 7. The minimum absolute atomic E-state index is 0.133. The molecule has 0 amide bonds. The molecule has 0 saturated carbocycles. The molecule has 0 radical (unpaired) electrons. The second kappa shape index (κ2) is 7.29. The molecule has 0 atom stereocenters. The Bertz CT molecular complexity index is 795. The van der Waals surface area contributed by atoms with Crippen LogP contribution in [0.3, 0.4) is 0 Å². The van der Waals surface area contributed by atoms with Gasteiger partial charge in [0.2, 0.25) is 5.95 Å². The van der Waals surface area contributed by atoms with Crippen LogP contribution in [0.5, 0.6) is 11.5 Å². The van der Waals surface area contributed by atoms with E-state index in [4.69, 9.17) is 15.9 Å². The highest BCUT2D eigenvalue weighted by atomic mass is 16.5. The molecule has 1 aromatic carbocycles. The Labute approximate surface area is 133 Å². The second-order valence-corrected chi connectivity index (χ2v) is 4.46. The van der Waals surface area contributed by atoms with Crippen molar-refractivity contribution < 1.29 is 9.47 Å². The van der Waals surface area contributed by atoms with Gasteiger partial charge in [0.15, 0.2) is 11.5 Å². The fourth-order valence-electron chi connectivity index (χ4n) is 1.92. The summed E-state index contributed by atoms with van der Waals surface area (Å²) in [5, 5.41) is 0. The number of anilines is 1. The molecule has 1 aromatic heterocycles. The molecule has 8 nitrogen and oxygen atoms in total. The molecule has 0 aliphatic rings. The lowest BCUT2D eigenvalue weighted by Crippen LogP contribution is -2.29. The molecule has 0 spiro atoms. The fourth-order valence-corrected chi connectivity index (χ4v) is 1.92. The smallest absolute Gasteiger partial charge is 0.352 e. The van der Waals surface area contributed by atoms with Crippen molar-refractivity contribution in [2.75, 3.05) is 26.2 Å². The van der Waals surface area contributed by atoms with Crippen molar-refractivity contribution in [3.05, 3.63) is 28.7 Å². The van der Waals surface area contributed by atoms with E-state index in [1.165, 1.54) is 11.7 Å². The van der Waals surface area contributed by atoms with Crippen LogP contribution >= 0.6 is 0 Å². The Morgan fingerprint density at radius 2 is 2.00 bits per heavy atom. The number of benzene rings is 1. The predicted molar refractivity (Wildman–Crippen MR) is 86.3 cm³/mol. The number of terminal acetylenes is 1. The standard InChI is InChI=1S/C15H17N5O3/c1-5-8-16-19-14-17-13(20(2)15(21)18-14)10-6-7-11(22-3)12(9-10)23-4/h1,6-7,9,16H,8H2,2-4H3,(H,18,19,21). The summed E-state index contributed by atoms with van der Waals surface area (Å²) in [6.45, 7) is 0.268. The number of hydrazine groups is 1. The number of hydrogen-bond donors (Lipinski definition) is 2. The maximum Gasteiger partial charge on any atom is 0.352 e. The molecule has 0 unspecified atom stereocenters. The zero-order valence-corrected chi connectivity index (χ0v) is 13.1. The topological polar surface area (TPSA) is 90.3 Å². The van der Waals surface area contributed by atoms with Crippen LogP contribution in [0.4, 0.5) is 5.95 Å². The number of rotatable bonds is 6. The van der Waals surface area contributed by atoms with E-state index >= 15 is 0 Å². The Kier molecular flexibility index (Phi) is 5.17. The maximum absolute atomic E-state index is 12.0. The van der Waals surface area contributed by atoms with Crippen LogP contribution in [0.15, 0.2) is 23.0 Å². The Morgan fingerprint density at radius 3 is 2.65 bits per heavy atom. The van der Waals surface area contributed by atoms with Crippen molar-refractivity contribution in [3.8, 4) is 35.2 Å². The van der Waals surface area contributed by atoms with Gasteiger partial charge >= 0.3 is 5.69 Å². The lowest BCUT2D eigenvalue weighted by atomic mass is 10.2. The molecule has 2 aromatic rings. The van der Waals surface area contributed by atoms with Crippen molar-refractivity contribution in [2.45, 2.75) is 0 Å². The van der Waals surface area contributed by atoms with Gasteiger partial charge in [0.05, 0.1) is 20.8 Å². The third-order valence-corrected chi connectivity index (χ3v) is 3.05. The van der Waals surface area contributed by atoms with Crippen LogP contribution in [0, 0.1) is 12.3 Å². The first-order valence-corrected chi connectivity index (χ1v) is 6.70. The minimum Gasteiger partial charge on any atom is -0.493 e. The monoisotopic (exact) mass is 315 g/mol. The molecular formula is C15H17N5O3. The van der Waals surface area contributed by atoms with Gasteiger partial charge in [-0.25, -0.2) is 10.2 Å². The highest BCUT2D eigenvalue weighted by molar-refractivity contribution is 5.62. The molecule has 8 heteroatoms. The maximum atomic E-state index is 12.0. The Hall–Kier alpha value is -3.05. The molecule has 2 rings (SSSR count). The summed E-state index contributed by atoms with van der Waals surface area (Å²) in [7, 11) is 4.68. The normalized spacial score (nSPS) is 10.0. The number of methoxy groups -OCH3 is 2. The molecule has 0 aliphatic carbocycles. The average Bonchev–Trinajstić information content (AvgIpc) is 2.57. The first-order valence-electron chi connectivity index (χ1n) is 6.70. The molecule has 120 valence electrons. The first kappa shape index (κ1) is 16.3. The third-order valence-electron chi connectivity index (χ3n) is 3.05. The summed E-state index contributed by atoms with van der Waals surface area (Å²) in [5.41, 5.74) is 5.64. The van der Waals surface area contributed by atoms with Crippen LogP contribution in [0.1, 0.15) is 0 Å². The van der Waals surface area contributed by atoms with Gasteiger partial charge in [-0.15, -0.1) is 6.42 Å². The highest BCUT2D eigenvalue weighted by Gasteiger charge is 2.12. The SMILES string of the molecule is C#CCNNc1nc(-c2ccc(OC)c(OC)c2)n(C)c(=O)n1. The summed E-state index contributed by atoms with van der Waals surface area (Å²) in [5.74, 6) is 4.08. The van der Waals surface area contributed by atoms with Crippen LogP contribution in [0.2, 0.25) is 0 Å². The van der Waals surface area contributed by atoms with Gasteiger partial charge in [-0.2, -0.15) is 9.97 Å². The number of ether oxygens (including phenoxy) is 2. The van der Waals surface area contributed by atoms with Crippen LogP contribution in [0.25, 0.3) is 11.4 Å². The van der Waals surface area contributed by atoms with Gasteiger partial charge < -0.3 is 9.47 Å². The molecule has 2 N–H and O–H groups in total. The van der Waals surface area contributed by atoms with Gasteiger partial charge in [0.25, 0.3) is 0 Å². The Balaban J connectivity index is 2.46. The minimum atomic E-state index is -0.449. The zero-order chi connectivity index (χ0) is 16.8. The van der Waals surface area contributed by atoms with Gasteiger partial charge in [-0.05, 0) is 18.2 Å². The van der Waals surface area contributed by atoms with Crippen molar-refractivity contribution in [1.29, 1.82) is 0 Å². The van der Waals surface area contributed by atoms with Crippen molar-refractivity contribution in [3.63, 3.8) is 0 Å². The van der Waals surface area contributed by atoms with Gasteiger partial charge in [0, 0.05) is 12.6 Å². The largest absolute Gasteiger partial charge is 0.493 e. The lowest BCUT2D eigenvalue weighted by molar-refractivity contribution is 0.355. The van der Waals surface area contributed by atoms with E-state index < -0.39 is 5.69 Å². The second-order valence-electron chi connectivity index (χ2n) is 4.46. The van der Waals surface area contributed by atoms with Gasteiger partial charge in [0.1, 0.15) is 5.82 Å². The lowest BCUT2D eigenvalue weighted by Gasteiger charge is -2.12. The Morgan fingerprint density at radius 1 is 1.26 bits per heavy atom. The highest BCUT2D eigenvalue weighted by Crippen LogP contribution is 2.31. The van der Waals surface area contributed by atoms with E-state index in [-0.39, 0.29) is 12.5 Å². The fraction of sp³-hybridized carbons (Fsp3) is 0.267. The third kappa shape index (κ3) is 3.59. The van der Waals surface area contributed by atoms with Gasteiger partial charge in [-0.3, -0.25) is 9.99 Å². The van der Waals surface area contributed by atoms with Crippen molar-refractivity contribution in [1.82, 2.24) is 20.0 Å². The number of nitrogens with zero attached hydrogens (tertiary/aromatic N) is 3. The summed E-state index contributed by atoms with van der Waals surface area (Å²) >= 11 is 0. The van der Waals surface area contributed by atoms with Crippen LogP contribution < -0.4 is 26.0 Å². The molecule has 0 fully saturated rings. The average molecular weight is 315 g/mol. The van der Waals surface area contributed by atoms with E-state index in [9.17, 15) is 4.79 Å². The van der Waals surface area contributed by atoms with Crippen LogP contribution in [-0.4, -0.2) is 35.3 Å². The number of nitrogens with one attached hydrogen (secondary N) is 2. The van der Waals surface area contributed by atoms with Gasteiger partial charge in [-0.1, -0.05) is 5.92 Å². The van der Waals surface area contributed by atoms with E-state index in [0.29, 0.717) is 22.9 Å². The van der Waals surface area contributed by atoms with Crippen molar-refractivity contribution >= 4 is 5.95 Å². The van der Waals surface area contributed by atoms with Crippen LogP contribution in [-0.2, 0) is 7.05 Å². The van der Waals surface area contributed by atoms with E-state index in [1.54, 1.807) is 32.4 Å². The molecule has 1 heterocycles. The first-order chi connectivity index (χ1) is 11.1. The van der Waals surface area contributed by atoms with Crippen molar-refractivity contribution in [2.24, 2.45) is 7.05 Å². The van der Waals surface area contributed by atoms with E-state index in [1.807, 2.05) is 0 Å². The molecular weight excluding hydrogens is 298 g/mol.